The van der Waals surface area contributed by atoms with E-state index in [2.05, 4.69) is 5.32 Å². The van der Waals surface area contributed by atoms with Crippen molar-refractivity contribution in [2.45, 2.75) is 13.3 Å². The number of allylic oxidation sites excluding steroid dienone is 1. The van der Waals surface area contributed by atoms with Gasteiger partial charge in [0.1, 0.15) is 0 Å². The molecule has 0 saturated carbocycles. The Hall–Kier alpha value is -1.77. The molecule has 2 amide bonds. The number of nitrogens with one attached hydrogen (secondary N) is 1. The lowest BCUT2D eigenvalue weighted by atomic mass is 10.1. The van der Waals surface area contributed by atoms with Crippen LogP contribution in [-0.4, -0.2) is 6.03 Å². The minimum atomic E-state index is -0.534. The Morgan fingerprint density at radius 1 is 1.43 bits per heavy atom. The van der Waals surface area contributed by atoms with Crippen molar-refractivity contribution in [2.24, 2.45) is 5.73 Å². The molecule has 0 radical (unpaired) electrons. The van der Waals surface area contributed by atoms with Crippen molar-refractivity contribution in [3.05, 3.63) is 42.0 Å². The van der Waals surface area contributed by atoms with E-state index < -0.39 is 6.03 Å². The zero-order valence-electron chi connectivity index (χ0n) is 8.16. The molecule has 3 N–H and O–H groups in total. The minimum Gasteiger partial charge on any atom is -0.351 e. The fourth-order valence-corrected chi connectivity index (χ4v) is 1.20. The summed E-state index contributed by atoms with van der Waals surface area (Å²) < 4.78 is 0. The van der Waals surface area contributed by atoms with Crippen LogP contribution in [0.15, 0.2) is 36.4 Å². The van der Waals surface area contributed by atoms with Crippen molar-refractivity contribution in [3.8, 4) is 0 Å². The lowest BCUT2D eigenvalue weighted by molar-refractivity contribution is 0.252. The van der Waals surface area contributed by atoms with Gasteiger partial charge in [0.15, 0.2) is 0 Å². The maximum atomic E-state index is 10.7. The van der Waals surface area contributed by atoms with Gasteiger partial charge in [0.25, 0.3) is 0 Å². The molecule has 0 saturated heterocycles. The molecule has 1 rings (SSSR count). The van der Waals surface area contributed by atoms with E-state index in [1.807, 2.05) is 43.3 Å². The quantitative estimate of drug-likeness (QED) is 0.753. The van der Waals surface area contributed by atoms with Crippen LogP contribution in [-0.2, 0) is 0 Å². The Labute approximate surface area is 83.6 Å². The molecule has 0 unspecified atom stereocenters. The Morgan fingerprint density at radius 3 is 2.57 bits per heavy atom. The zero-order valence-corrected chi connectivity index (χ0v) is 8.16. The summed E-state index contributed by atoms with van der Waals surface area (Å²) >= 11 is 0. The third-order valence-corrected chi connectivity index (χ3v) is 1.75. The molecule has 3 heteroatoms. The smallest absolute Gasteiger partial charge is 0.316 e. The number of benzene rings is 1. The van der Waals surface area contributed by atoms with Gasteiger partial charge in [-0.25, -0.2) is 4.79 Å². The number of rotatable bonds is 3. The summed E-state index contributed by atoms with van der Waals surface area (Å²) in [5.41, 5.74) is 6.80. The average Bonchev–Trinajstić information content (AvgIpc) is 2.18. The van der Waals surface area contributed by atoms with E-state index in [1.165, 1.54) is 0 Å². The second-order valence-corrected chi connectivity index (χ2v) is 2.88. The van der Waals surface area contributed by atoms with Gasteiger partial charge in [-0.3, -0.25) is 0 Å². The molecule has 0 atom stereocenters. The Morgan fingerprint density at radius 2 is 2.07 bits per heavy atom. The largest absolute Gasteiger partial charge is 0.351 e. The second-order valence-electron chi connectivity index (χ2n) is 2.88. The van der Waals surface area contributed by atoms with Crippen LogP contribution < -0.4 is 11.1 Å². The Bertz CT molecular complexity index is 330. The number of carbonyl (C=O) groups excluding carboxylic acids is 1. The van der Waals surface area contributed by atoms with Crippen LogP contribution in [0.2, 0.25) is 0 Å². The van der Waals surface area contributed by atoms with Crippen molar-refractivity contribution < 1.29 is 4.79 Å². The normalized spacial score (nSPS) is 11.1. The summed E-state index contributed by atoms with van der Waals surface area (Å²) in [6, 6.07) is 9.09. The van der Waals surface area contributed by atoms with Crippen LogP contribution in [0.25, 0.3) is 5.70 Å². The molecule has 0 bridgehead atoms. The Balaban J connectivity index is 2.89. The molecule has 0 aromatic heterocycles. The number of nitrogens with two attached hydrogens (primary N) is 1. The second kappa shape index (κ2) is 5.07. The fraction of sp³-hybridized carbons (Fsp3) is 0.182. The third-order valence-electron chi connectivity index (χ3n) is 1.75. The minimum absolute atomic E-state index is 0.534. The van der Waals surface area contributed by atoms with Gasteiger partial charge in [0, 0.05) is 5.70 Å². The van der Waals surface area contributed by atoms with Gasteiger partial charge in [0.05, 0.1) is 0 Å². The van der Waals surface area contributed by atoms with E-state index in [9.17, 15) is 4.79 Å². The first kappa shape index (κ1) is 10.3. The molecule has 0 aliphatic heterocycles. The molecule has 74 valence electrons. The first-order valence-corrected chi connectivity index (χ1v) is 4.56. The number of hydrogen-bond acceptors (Lipinski definition) is 1. The highest BCUT2D eigenvalue weighted by molar-refractivity contribution is 5.84. The van der Waals surface area contributed by atoms with Crippen molar-refractivity contribution >= 4 is 11.7 Å². The van der Waals surface area contributed by atoms with Crippen molar-refractivity contribution in [3.63, 3.8) is 0 Å². The highest BCUT2D eigenvalue weighted by Crippen LogP contribution is 2.10. The maximum absolute atomic E-state index is 10.7. The molecule has 0 fully saturated rings. The zero-order chi connectivity index (χ0) is 10.4. The molecular weight excluding hydrogens is 176 g/mol. The van der Waals surface area contributed by atoms with Crippen LogP contribution >= 0.6 is 0 Å². The average molecular weight is 190 g/mol. The van der Waals surface area contributed by atoms with Crippen LogP contribution in [0.1, 0.15) is 18.9 Å². The summed E-state index contributed by atoms with van der Waals surface area (Å²) in [4.78, 5) is 10.7. The van der Waals surface area contributed by atoms with Gasteiger partial charge >= 0.3 is 6.03 Å². The highest BCUT2D eigenvalue weighted by Gasteiger charge is 2.01. The van der Waals surface area contributed by atoms with Crippen LogP contribution in [0, 0.1) is 0 Å². The van der Waals surface area contributed by atoms with E-state index in [0.717, 1.165) is 17.7 Å². The molecule has 0 spiro atoms. The predicted molar refractivity (Wildman–Crippen MR) is 57.4 cm³/mol. The SMILES string of the molecule is CC/C=C(/NC(N)=O)c1ccccc1. The summed E-state index contributed by atoms with van der Waals surface area (Å²) in [6.45, 7) is 2.01. The fourth-order valence-electron chi connectivity index (χ4n) is 1.20. The van der Waals surface area contributed by atoms with Crippen molar-refractivity contribution in [1.82, 2.24) is 5.32 Å². The monoisotopic (exact) mass is 190 g/mol. The van der Waals surface area contributed by atoms with E-state index in [1.54, 1.807) is 0 Å². The number of hydrogen-bond donors (Lipinski definition) is 2. The first-order valence-electron chi connectivity index (χ1n) is 4.56. The van der Waals surface area contributed by atoms with Gasteiger partial charge in [-0.15, -0.1) is 0 Å². The lowest BCUT2D eigenvalue weighted by Crippen LogP contribution is -2.27. The van der Waals surface area contributed by atoms with Gasteiger partial charge in [0.2, 0.25) is 0 Å². The van der Waals surface area contributed by atoms with E-state index in [-0.39, 0.29) is 0 Å². The number of urea groups is 1. The summed E-state index contributed by atoms with van der Waals surface area (Å²) in [7, 11) is 0. The summed E-state index contributed by atoms with van der Waals surface area (Å²) in [5.74, 6) is 0. The first-order chi connectivity index (χ1) is 6.74. The van der Waals surface area contributed by atoms with Crippen LogP contribution in [0.5, 0.6) is 0 Å². The molecule has 0 heterocycles. The van der Waals surface area contributed by atoms with E-state index >= 15 is 0 Å². The van der Waals surface area contributed by atoms with Crippen molar-refractivity contribution in [1.29, 1.82) is 0 Å². The van der Waals surface area contributed by atoms with Gasteiger partial charge in [-0.05, 0) is 12.0 Å². The van der Waals surface area contributed by atoms with Gasteiger partial charge in [-0.2, -0.15) is 0 Å². The molecule has 14 heavy (non-hydrogen) atoms. The van der Waals surface area contributed by atoms with Gasteiger partial charge < -0.3 is 11.1 Å². The molecule has 0 aliphatic rings. The number of amides is 2. The van der Waals surface area contributed by atoms with E-state index in [0.29, 0.717) is 0 Å². The maximum Gasteiger partial charge on any atom is 0.316 e. The van der Waals surface area contributed by atoms with Crippen molar-refractivity contribution in [2.75, 3.05) is 0 Å². The van der Waals surface area contributed by atoms with E-state index in [4.69, 9.17) is 5.73 Å². The Kier molecular flexibility index (Phi) is 3.73. The predicted octanol–water partition coefficient (Wildman–Crippen LogP) is 2.11. The molecule has 0 aliphatic carbocycles. The highest BCUT2D eigenvalue weighted by atomic mass is 16.2. The molecule has 3 nitrogen and oxygen atoms in total. The number of carbonyl (C=O) groups is 1. The third kappa shape index (κ3) is 2.94. The lowest BCUT2D eigenvalue weighted by Gasteiger charge is -2.07. The summed E-state index contributed by atoms with van der Waals surface area (Å²) in [6.07, 6.45) is 2.78. The summed E-state index contributed by atoms with van der Waals surface area (Å²) in [5, 5.41) is 2.60. The standard InChI is InChI=1S/C11H14N2O/c1-2-6-10(13-11(12)14)9-7-4-3-5-8-9/h3-8H,2H2,1H3,(H3,12,13,14)/b10-6+. The van der Waals surface area contributed by atoms with Gasteiger partial charge in [-0.1, -0.05) is 43.3 Å². The topological polar surface area (TPSA) is 55.1 Å². The molecule has 1 aromatic carbocycles. The van der Waals surface area contributed by atoms with Crippen LogP contribution in [0.4, 0.5) is 4.79 Å². The molecular formula is C11H14N2O. The number of primary amides is 1. The molecule has 1 aromatic rings. The van der Waals surface area contributed by atoms with Crippen LogP contribution in [0.3, 0.4) is 0 Å².